The van der Waals surface area contributed by atoms with Gasteiger partial charge in [-0.25, -0.2) is 4.68 Å². The number of rotatable bonds is 4. The van der Waals surface area contributed by atoms with Crippen molar-refractivity contribution in [1.29, 1.82) is 0 Å². The standard InChI is InChI=1S/C20H20N4O/c1-13-10-22-24(12-13)19-7-8-21-11-18(19)23-20(25)17-9-16(17)15-6-4-3-5-14(15)2/h3-8,10-12,16-17H,9H2,1-2H3,(H,23,25)/t16-,17+/m0/s1. The number of aromatic nitrogens is 3. The van der Waals surface area contributed by atoms with Gasteiger partial charge in [0.1, 0.15) is 0 Å². The molecule has 2 heterocycles. The number of nitrogens with one attached hydrogen (secondary N) is 1. The number of aryl methyl sites for hydroxylation is 2. The molecule has 1 saturated carbocycles. The number of hydrogen-bond donors (Lipinski definition) is 1. The lowest BCUT2D eigenvalue weighted by Crippen LogP contribution is -2.16. The lowest BCUT2D eigenvalue weighted by atomic mass is 10.0. The molecule has 126 valence electrons. The van der Waals surface area contributed by atoms with Crippen LogP contribution in [0, 0.1) is 19.8 Å². The SMILES string of the molecule is Cc1cnn(-c2ccncc2NC(=O)[C@@H]2C[C@H]2c2ccccc2C)c1. The molecule has 1 amide bonds. The Morgan fingerprint density at radius 1 is 1.20 bits per heavy atom. The quantitative estimate of drug-likeness (QED) is 0.794. The van der Waals surface area contributed by atoms with Crippen LogP contribution in [0.25, 0.3) is 5.69 Å². The van der Waals surface area contributed by atoms with Crippen LogP contribution in [0.1, 0.15) is 29.0 Å². The summed E-state index contributed by atoms with van der Waals surface area (Å²) in [6, 6.07) is 10.1. The number of benzene rings is 1. The average molecular weight is 332 g/mol. The maximum atomic E-state index is 12.7. The molecule has 0 saturated heterocycles. The van der Waals surface area contributed by atoms with Crippen molar-refractivity contribution in [3.63, 3.8) is 0 Å². The van der Waals surface area contributed by atoms with Gasteiger partial charge in [0.2, 0.25) is 5.91 Å². The Kier molecular flexibility index (Phi) is 3.84. The summed E-state index contributed by atoms with van der Waals surface area (Å²) in [7, 11) is 0. The summed E-state index contributed by atoms with van der Waals surface area (Å²) in [4.78, 5) is 16.8. The van der Waals surface area contributed by atoms with Crippen LogP contribution in [0.5, 0.6) is 0 Å². The number of pyridine rings is 1. The van der Waals surface area contributed by atoms with E-state index in [2.05, 4.69) is 34.5 Å². The summed E-state index contributed by atoms with van der Waals surface area (Å²) in [6.45, 7) is 4.09. The molecule has 25 heavy (non-hydrogen) atoms. The number of carbonyl (C=O) groups excluding carboxylic acids is 1. The summed E-state index contributed by atoms with van der Waals surface area (Å²) in [5.41, 5.74) is 5.10. The molecular weight excluding hydrogens is 312 g/mol. The van der Waals surface area contributed by atoms with Crippen LogP contribution in [0.15, 0.2) is 55.1 Å². The van der Waals surface area contributed by atoms with E-state index in [0.29, 0.717) is 11.6 Å². The number of hydrogen-bond acceptors (Lipinski definition) is 3. The molecule has 0 bridgehead atoms. The van der Waals surface area contributed by atoms with E-state index in [9.17, 15) is 4.79 Å². The molecule has 0 unspecified atom stereocenters. The van der Waals surface area contributed by atoms with Crippen LogP contribution < -0.4 is 5.32 Å². The monoisotopic (exact) mass is 332 g/mol. The molecule has 2 aromatic heterocycles. The maximum absolute atomic E-state index is 12.7. The minimum absolute atomic E-state index is 0.0218. The normalized spacial score (nSPS) is 18.8. The van der Waals surface area contributed by atoms with Crippen LogP contribution in [0.4, 0.5) is 5.69 Å². The second kappa shape index (κ2) is 6.16. The zero-order chi connectivity index (χ0) is 17.4. The largest absolute Gasteiger partial charge is 0.323 e. The van der Waals surface area contributed by atoms with Crippen molar-refractivity contribution in [2.45, 2.75) is 26.2 Å². The predicted octanol–water partition coefficient (Wildman–Crippen LogP) is 3.63. The molecule has 1 N–H and O–H groups in total. The van der Waals surface area contributed by atoms with Crippen LogP contribution in [-0.4, -0.2) is 20.7 Å². The summed E-state index contributed by atoms with van der Waals surface area (Å²) in [6.07, 6.45) is 8.00. The van der Waals surface area contributed by atoms with Crippen molar-refractivity contribution in [3.8, 4) is 5.69 Å². The van der Waals surface area contributed by atoms with Gasteiger partial charge in [-0.15, -0.1) is 0 Å². The molecule has 0 aliphatic heterocycles. The Morgan fingerprint density at radius 3 is 2.80 bits per heavy atom. The Bertz CT molecular complexity index is 931. The van der Waals surface area contributed by atoms with E-state index >= 15 is 0 Å². The minimum atomic E-state index is 0.0218. The lowest BCUT2D eigenvalue weighted by molar-refractivity contribution is -0.117. The van der Waals surface area contributed by atoms with E-state index in [0.717, 1.165) is 17.7 Å². The van der Waals surface area contributed by atoms with Gasteiger partial charge in [0.05, 0.1) is 23.8 Å². The lowest BCUT2D eigenvalue weighted by Gasteiger charge is -2.11. The summed E-state index contributed by atoms with van der Waals surface area (Å²) < 4.78 is 1.76. The van der Waals surface area contributed by atoms with Crippen molar-refractivity contribution in [2.75, 3.05) is 5.32 Å². The Labute approximate surface area is 146 Å². The van der Waals surface area contributed by atoms with E-state index in [4.69, 9.17) is 0 Å². The highest BCUT2D eigenvalue weighted by Crippen LogP contribution is 2.49. The summed E-state index contributed by atoms with van der Waals surface area (Å²) >= 11 is 0. The smallest absolute Gasteiger partial charge is 0.228 e. The first-order chi connectivity index (χ1) is 12.1. The van der Waals surface area contributed by atoms with Gasteiger partial charge in [0.25, 0.3) is 0 Å². The third kappa shape index (κ3) is 3.05. The molecule has 1 aliphatic carbocycles. The first-order valence-corrected chi connectivity index (χ1v) is 8.45. The highest BCUT2D eigenvalue weighted by Gasteiger charge is 2.44. The molecule has 0 spiro atoms. The Balaban J connectivity index is 1.52. The summed E-state index contributed by atoms with van der Waals surface area (Å²) in [5, 5.41) is 7.36. The first kappa shape index (κ1) is 15.6. The van der Waals surface area contributed by atoms with Crippen molar-refractivity contribution in [3.05, 3.63) is 71.8 Å². The molecule has 4 rings (SSSR count). The fourth-order valence-corrected chi connectivity index (χ4v) is 3.28. The number of nitrogens with zero attached hydrogens (tertiary/aromatic N) is 3. The molecule has 1 aromatic carbocycles. The van der Waals surface area contributed by atoms with Gasteiger partial charge in [0.15, 0.2) is 0 Å². The molecule has 5 nitrogen and oxygen atoms in total. The van der Waals surface area contributed by atoms with Crippen molar-refractivity contribution >= 4 is 11.6 Å². The average Bonchev–Trinajstić information content (AvgIpc) is 3.29. The number of amides is 1. The van der Waals surface area contributed by atoms with Gasteiger partial charge in [0, 0.05) is 18.3 Å². The molecule has 2 atom stereocenters. The van der Waals surface area contributed by atoms with Crippen molar-refractivity contribution in [2.24, 2.45) is 5.92 Å². The van der Waals surface area contributed by atoms with Gasteiger partial charge in [-0.05, 0) is 48.9 Å². The van der Waals surface area contributed by atoms with E-state index in [1.54, 1.807) is 23.3 Å². The highest BCUT2D eigenvalue weighted by molar-refractivity contribution is 5.96. The van der Waals surface area contributed by atoms with Gasteiger partial charge < -0.3 is 5.32 Å². The number of carbonyl (C=O) groups is 1. The van der Waals surface area contributed by atoms with E-state index in [1.807, 2.05) is 31.3 Å². The molecule has 3 aromatic rings. The van der Waals surface area contributed by atoms with Crippen LogP contribution in [0.2, 0.25) is 0 Å². The van der Waals surface area contributed by atoms with Gasteiger partial charge >= 0.3 is 0 Å². The van der Waals surface area contributed by atoms with E-state index in [-0.39, 0.29) is 11.8 Å². The third-order valence-corrected chi connectivity index (χ3v) is 4.73. The fourth-order valence-electron chi connectivity index (χ4n) is 3.28. The fraction of sp³-hybridized carbons (Fsp3) is 0.250. The highest BCUT2D eigenvalue weighted by atomic mass is 16.2. The topological polar surface area (TPSA) is 59.8 Å². The molecule has 5 heteroatoms. The van der Waals surface area contributed by atoms with Gasteiger partial charge in [-0.2, -0.15) is 5.10 Å². The van der Waals surface area contributed by atoms with E-state index < -0.39 is 0 Å². The van der Waals surface area contributed by atoms with Crippen LogP contribution in [0.3, 0.4) is 0 Å². The number of anilines is 1. The van der Waals surface area contributed by atoms with Crippen LogP contribution >= 0.6 is 0 Å². The maximum Gasteiger partial charge on any atom is 0.228 e. The zero-order valence-electron chi connectivity index (χ0n) is 14.3. The second-order valence-corrected chi connectivity index (χ2v) is 6.65. The predicted molar refractivity (Wildman–Crippen MR) is 96.8 cm³/mol. The Morgan fingerprint density at radius 2 is 2.04 bits per heavy atom. The third-order valence-electron chi connectivity index (χ3n) is 4.73. The molecular formula is C20H20N4O. The van der Waals surface area contributed by atoms with Gasteiger partial charge in [-0.3, -0.25) is 9.78 Å². The zero-order valence-corrected chi connectivity index (χ0v) is 14.3. The van der Waals surface area contributed by atoms with Crippen molar-refractivity contribution < 1.29 is 4.79 Å². The second-order valence-electron chi connectivity index (χ2n) is 6.65. The molecule has 1 fully saturated rings. The summed E-state index contributed by atoms with van der Waals surface area (Å²) in [5.74, 6) is 0.383. The van der Waals surface area contributed by atoms with Gasteiger partial charge in [-0.1, -0.05) is 24.3 Å². The molecule has 0 radical (unpaired) electrons. The molecule has 1 aliphatic rings. The van der Waals surface area contributed by atoms with Crippen LogP contribution in [-0.2, 0) is 4.79 Å². The minimum Gasteiger partial charge on any atom is -0.323 e. The van der Waals surface area contributed by atoms with E-state index in [1.165, 1.54) is 11.1 Å². The Hall–Kier alpha value is -2.95. The van der Waals surface area contributed by atoms with Crippen molar-refractivity contribution in [1.82, 2.24) is 14.8 Å². The first-order valence-electron chi connectivity index (χ1n) is 8.45.